The summed E-state index contributed by atoms with van der Waals surface area (Å²) in [5, 5.41) is 12.5. The molecule has 1 aliphatic carbocycles. The number of carboxylic acid groups (broad SMARTS) is 1. The number of ketones is 1. The molecular formula is C19H19NO5. The lowest BCUT2D eigenvalue weighted by molar-refractivity contribution is -0.162. The zero-order valence-corrected chi connectivity index (χ0v) is 14.0. The number of carbonyl (C=O) groups excluding carboxylic acids is 2. The van der Waals surface area contributed by atoms with E-state index in [1.54, 1.807) is 44.2 Å². The molecule has 0 amide bonds. The molecule has 1 aromatic rings. The Kier molecular flexibility index (Phi) is 4.44. The SMILES string of the molecule is CC1=C(C(=O)O[C@@H](C(=O)O)c2ccccc2)[C@@H](C)C2=C(CCC2=O)N1. The number of ether oxygens (including phenoxy) is 1. The van der Waals surface area contributed by atoms with E-state index in [9.17, 15) is 19.5 Å². The molecule has 0 radical (unpaired) electrons. The highest BCUT2D eigenvalue weighted by atomic mass is 16.6. The van der Waals surface area contributed by atoms with Crippen molar-refractivity contribution in [3.05, 3.63) is 58.4 Å². The second-order valence-electron chi connectivity index (χ2n) is 6.24. The molecule has 1 aliphatic heterocycles. The molecular weight excluding hydrogens is 322 g/mol. The molecule has 6 heteroatoms. The van der Waals surface area contributed by atoms with Crippen molar-refractivity contribution in [1.29, 1.82) is 0 Å². The average molecular weight is 341 g/mol. The fourth-order valence-corrected chi connectivity index (χ4v) is 3.46. The molecule has 6 nitrogen and oxygen atoms in total. The highest BCUT2D eigenvalue weighted by Crippen LogP contribution is 2.37. The first kappa shape index (κ1) is 17.0. The van der Waals surface area contributed by atoms with Crippen molar-refractivity contribution in [2.45, 2.75) is 32.8 Å². The van der Waals surface area contributed by atoms with Gasteiger partial charge in [-0.3, -0.25) is 4.79 Å². The van der Waals surface area contributed by atoms with E-state index in [0.29, 0.717) is 35.2 Å². The normalized spacial score (nSPS) is 20.9. The van der Waals surface area contributed by atoms with E-state index in [4.69, 9.17) is 4.74 Å². The zero-order valence-electron chi connectivity index (χ0n) is 14.0. The van der Waals surface area contributed by atoms with Crippen LogP contribution >= 0.6 is 0 Å². The predicted molar refractivity (Wildman–Crippen MR) is 89.2 cm³/mol. The number of esters is 1. The van der Waals surface area contributed by atoms with Crippen molar-refractivity contribution in [3.8, 4) is 0 Å². The van der Waals surface area contributed by atoms with Crippen LogP contribution in [0.2, 0.25) is 0 Å². The van der Waals surface area contributed by atoms with Gasteiger partial charge < -0.3 is 15.2 Å². The number of aliphatic carboxylic acids is 1. The van der Waals surface area contributed by atoms with Crippen molar-refractivity contribution >= 4 is 17.7 Å². The van der Waals surface area contributed by atoms with Crippen LogP contribution in [0.3, 0.4) is 0 Å². The molecule has 0 fully saturated rings. The van der Waals surface area contributed by atoms with Gasteiger partial charge in [-0.1, -0.05) is 37.3 Å². The number of dihydropyridines is 1. The second-order valence-corrected chi connectivity index (χ2v) is 6.24. The molecule has 2 aliphatic rings. The number of allylic oxidation sites excluding steroid dienone is 3. The minimum Gasteiger partial charge on any atom is -0.478 e. The Morgan fingerprint density at radius 2 is 1.92 bits per heavy atom. The molecule has 3 rings (SSSR count). The molecule has 0 unspecified atom stereocenters. The standard InChI is InChI=1S/C19H19NO5/c1-10-15(11(2)20-13-8-9-14(21)16(10)13)19(24)25-17(18(22)23)12-6-4-3-5-7-12/h3-7,10,17,20H,8-9H2,1-2H3,(H,22,23)/t10-,17-/m1/s1. The Bertz CT molecular complexity index is 806. The Hall–Kier alpha value is -2.89. The van der Waals surface area contributed by atoms with E-state index in [1.807, 2.05) is 0 Å². The van der Waals surface area contributed by atoms with Crippen LogP contribution in [0, 0.1) is 5.92 Å². The van der Waals surface area contributed by atoms with E-state index in [0.717, 1.165) is 5.70 Å². The Labute approximate surface area is 145 Å². The lowest BCUT2D eigenvalue weighted by Crippen LogP contribution is -2.31. The number of carboxylic acids is 1. The summed E-state index contributed by atoms with van der Waals surface area (Å²) < 4.78 is 5.29. The third-order valence-corrected chi connectivity index (χ3v) is 4.61. The maximum atomic E-state index is 12.7. The van der Waals surface area contributed by atoms with E-state index in [1.165, 1.54) is 0 Å². The fourth-order valence-electron chi connectivity index (χ4n) is 3.46. The maximum Gasteiger partial charge on any atom is 0.349 e. The van der Waals surface area contributed by atoms with Gasteiger partial charge in [-0.25, -0.2) is 9.59 Å². The lowest BCUT2D eigenvalue weighted by Gasteiger charge is -2.27. The van der Waals surface area contributed by atoms with Crippen LogP contribution in [0.1, 0.15) is 38.4 Å². The third kappa shape index (κ3) is 3.07. The van der Waals surface area contributed by atoms with E-state index in [-0.39, 0.29) is 5.78 Å². The van der Waals surface area contributed by atoms with Gasteiger partial charge in [0.05, 0.1) is 5.57 Å². The highest BCUT2D eigenvalue weighted by molar-refractivity contribution is 6.03. The van der Waals surface area contributed by atoms with Crippen molar-refractivity contribution in [1.82, 2.24) is 5.32 Å². The lowest BCUT2D eigenvalue weighted by atomic mass is 9.87. The van der Waals surface area contributed by atoms with Crippen LogP contribution < -0.4 is 5.32 Å². The van der Waals surface area contributed by atoms with Gasteiger partial charge in [0.15, 0.2) is 5.78 Å². The van der Waals surface area contributed by atoms with Gasteiger partial charge in [-0.2, -0.15) is 0 Å². The Morgan fingerprint density at radius 1 is 1.24 bits per heavy atom. The average Bonchev–Trinajstić information content (AvgIpc) is 2.94. The van der Waals surface area contributed by atoms with Crippen LogP contribution in [0.25, 0.3) is 0 Å². The maximum absolute atomic E-state index is 12.7. The number of rotatable bonds is 4. The number of hydrogen-bond donors (Lipinski definition) is 2. The summed E-state index contributed by atoms with van der Waals surface area (Å²) in [6, 6.07) is 8.31. The monoisotopic (exact) mass is 341 g/mol. The number of benzene rings is 1. The summed E-state index contributed by atoms with van der Waals surface area (Å²) in [6.07, 6.45) is -0.324. The number of carbonyl (C=O) groups is 3. The minimum atomic E-state index is -1.39. The van der Waals surface area contributed by atoms with Crippen molar-refractivity contribution in [3.63, 3.8) is 0 Å². The molecule has 0 spiro atoms. The Balaban J connectivity index is 1.86. The summed E-state index contributed by atoms with van der Waals surface area (Å²) in [5.74, 6) is -2.36. The molecule has 0 bridgehead atoms. The summed E-state index contributed by atoms with van der Waals surface area (Å²) in [5.41, 5.74) is 2.74. The molecule has 0 aromatic heterocycles. The summed E-state index contributed by atoms with van der Waals surface area (Å²) in [6.45, 7) is 3.51. The minimum absolute atomic E-state index is 0.0191. The van der Waals surface area contributed by atoms with Crippen LogP contribution in [0.5, 0.6) is 0 Å². The van der Waals surface area contributed by atoms with E-state index >= 15 is 0 Å². The van der Waals surface area contributed by atoms with E-state index in [2.05, 4.69) is 5.32 Å². The molecule has 1 heterocycles. The fraction of sp³-hybridized carbons (Fsp3) is 0.316. The first-order valence-corrected chi connectivity index (χ1v) is 8.13. The van der Waals surface area contributed by atoms with Gasteiger partial charge in [0.1, 0.15) is 0 Å². The number of hydrogen-bond acceptors (Lipinski definition) is 5. The summed E-state index contributed by atoms with van der Waals surface area (Å²) >= 11 is 0. The number of nitrogens with one attached hydrogen (secondary N) is 1. The molecule has 2 N–H and O–H groups in total. The quantitative estimate of drug-likeness (QED) is 0.818. The molecule has 0 saturated carbocycles. The highest BCUT2D eigenvalue weighted by Gasteiger charge is 2.38. The van der Waals surface area contributed by atoms with Gasteiger partial charge >= 0.3 is 11.9 Å². The van der Waals surface area contributed by atoms with Gasteiger partial charge in [0.2, 0.25) is 6.10 Å². The van der Waals surface area contributed by atoms with Crippen molar-refractivity contribution < 1.29 is 24.2 Å². The van der Waals surface area contributed by atoms with Gasteiger partial charge in [0, 0.05) is 34.9 Å². The molecule has 0 saturated heterocycles. The second kappa shape index (κ2) is 6.55. The van der Waals surface area contributed by atoms with E-state index < -0.39 is 24.0 Å². The summed E-state index contributed by atoms with van der Waals surface area (Å²) in [4.78, 5) is 36.3. The number of Topliss-reactive ketones (excluding diaryl/α,β-unsaturated/α-hetero) is 1. The third-order valence-electron chi connectivity index (χ3n) is 4.61. The topological polar surface area (TPSA) is 92.7 Å². The Morgan fingerprint density at radius 3 is 2.56 bits per heavy atom. The van der Waals surface area contributed by atoms with Crippen LogP contribution in [0.4, 0.5) is 0 Å². The zero-order chi connectivity index (χ0) is 18.1. The predicted octanol–water partition coefficient (Wildman–Crippen LogP) is 2.49. The molecule has 2 atom stereocenters. The molecule has 1 aromatic carbocycles. The largest absolute Gasteiger partial charge is 0.478 e. The first-order chi connectivity index (χ1) is 11.9. The van der Waals surface area contributed by atoms with Crippen molar-refractivity contribution in [2.24, 2.45) is 5.92 Å². The van der Waals surface area contributed by atoms with Crippen molar-refractivity contribution in [2.75, 3.05) is 0 Å². The molecule has 130 valence electrons. The van der Waals surface area contributed by atoms with Gasteiger partial charge in [-0.15, -0.1) is 0 Å². The smallest absolute Gasteiger partial charge is 0.349 e. The first-order valence-electron chi connectivity index (χ1n) is 8.13. The van der Waals surface area contributed by atoms with Crippen LogP contribution in [-0.2, 0) is 19.1 Å². The van der Waals surface area contributed by atoms with Gasteiger partial charge in [-0.05, 0) is 13.3 Å². The van der Waals surface area contributed by atoms with Gasteiger partial charge in [0.25, 0.3) is 0 Å². The van der Waals surface area contributed by atoms with Crippen LogP contribution in [0.15, 0.2) is 52.9 Å². The van der Waals surface area contributed by atoms with Crippen LogP contribution in [-0.4, -0.2) is 22.8 Å². The summed E-state index contributed by atoms with van der Waals surface area (Å²) in [7, 11) is 0. The molecule has 25 heavy (non-hydrogen) atoms.